The quantitative estimate of drug-likeness (QED) is 0.859. The molecule has 1 atom stereocenters. The summed E-state index contributed by atoms with van der Waals surface area (Å²) in [5.41, 5.74) is 0.648. The van der Waals surface area contributed by atoms with E-state index in [1.54, 1.807) is 30.3 Å². The van der Waals surface area contributed by atoms with Gasteiger partial charge in [-0.15, -0.1) is 0 Å². The fraction of sp³-hybridized carbons (Fsp3) is 0.143. The van der Waals surface area contributed by atoms with Crippen LogP contribution >= 0.6 is 0 Å². The van der Waals surface area contributed by atoms with Gasteiger partial charge in [-0.05, 0) is 17.7 Å². The van der Waals surface area contributed by atoms with Crippen molar-refractivity contribution in [1.82, 2.24) is 5.32 Å². The molecule has 1 amide bonds. The van der Waals surface area contributed by atoms with Crippen molar-refractivity contribution in [3.63, 3.8) is 0 Å². The highest BCUT2D eigenvalue weighted by atomic mass is 16.4. The van der Waals surface area contributed by atoms with Crippen molar-refractivity contribution in [2.75, 3.05) is 6.54 Å². The third-order valence-electron chi connectivity index (χ3n) is 2.71. The van der Waals surface area contributed by atoms with E-state index in [0.29, 0.717) is 5.56 Å². The van der Waals surface area contributed by atoms with Gasteiger partial charge in [-0.25, -0.2) is 0 Å². The number of carbonyl (C=O) groups is 2. The zero-order valence-electron chi connectivity index (χ0n) is 10.1. The number of benzene rings is 1. The number of nitrogens with one attached hydrogen (secondary N) is 1. The molecule has 0 saturated carbocycles. The molecule has 0 radical (unpaired) electrons. The molecule has 1 unspecified atom stereocenters. The topological polar surface area (TPSA) is 79.5 Å². The molecule has 0 aliphatic rings. The smallest absolute Gasteiger partial charge is 0.312 e. The van der Waals surface area contributed by atoms with E-state index in [4.69, 9.17) is 4.42 Å². The van der Waals surface area contributed by atoms with Crippen molar-refractivity contribution >= 4 is 11.9 Å². The van der Waals surface area contributed by atoms with Gasteiger partial charge >= 0.3 is 5.97 Å². The first kappa shape index (κ1) is 12.9. The molecule has 0 spiro atoms. The minimum absolute atomic E-state index is 0.0128. The molecular weight excluding hydrogens is 246 g/mol. The second-order valence-electron chi connectivity index (χ2n) is 3.99. The largest absolute Gasteiger partial charge is 0.481 e. The third-order valence-corrected chi connectivity index (χ3v) is 2.71. The van der Waals surface area contributed by atoms with Gasteiger partial charge in [0.05, 0.1) is 12.2 Å². The lowest BCUT2D eigenvalue weighted by molar-refractivity contribution is -0.138. The Bertz CT molecular complexity index is 548. The van der Waals surface area contributed by atoms with Gasteiger partial charge < -0.3 is 14.8 Å². The van der Waals surface area contributed by atoms with Crippen LogP contribution in [0, 0.1) is 0 Å². The maximum atomic E-state index is 11.7. The molecule has 98 valence electrons. The van der Waals surface area contributed by atoms with Crippen LogP contribution in [0.25, 0.3) is 0 Å². The van der Waals surface area contributed by atoms with Crippen molar-refractivity contribution in [3.05, 3.63) is 60.1 Å². The standard InChI is InChI=1S/C14H13NO4/c16-13(12-7-4-8-19-12)15-9-11(14(17)18)10-5-2-1-3-6-10/h1-8,11H,9H2,(H,15,16)(H,17,18). The van der Waals surface area contributed by atoms with E-state index in [2.05, 4.69) is 5.32 Å². The van der Waals surface area contributed by atoms with Gasteiger partial charge in [0.2, 0.25) is 0 Å². The predicted octanol–water partition coefficient (Wildman–Crippen LogP) is 1.88. The van der Waals surface area contributed by atoms with E-state index in [0.717, 1.165) is 0 Å². The Labute approximate surface area is 109 Å². The fourth-order valence-corrected chi connectivity index (χ4v) is 1.72. The fourth-order valence-electron chi connectivity index (χ4n) is 1.72. The van der Waals surface area contributed by atoms with Crippen LogP contribution in [0.3, 0.4) is 0 Å². The van der Waals surface area contributed by atoms with Gasteiger partial charge in [-0.2, -0.15) is 0 Å². The van der Waals surface area contributed by atoms with Gasteiger partial charge in [0, 0.05) is 6.54 Å². The van der Waals surface area contributed by atoms with Crippen LogP contribution in [0.5, 0.6) is 0 Å². The van der Waals surface area contributed by atoms with Crippen LogP contribution in [0.1, 0.15) is 22.0 Å². The molecule has 2 N–H and O–H groups in total. The van der Waals surface area contributed by atoms with E-state index >= 15 is 0 Å². The summed E-state index contributed by atoms with van der Waals surface area (Å²) in [6.07, 6.45) is 1.39. The number of hydrogen-bond acceptors (Lipinski definition) is 3. The molecule has 1 aromatic carbocycles. The minimum atomic E-state index is -0.981. The van der Waals surface area contributed by atoms with Gasteiger partial charge in [0.1, 0.15) is 0 Å². The van der Waals surface area contributed by atoms with Crippen molar-refractivity contribution in [2.45, 2.75) is 5.92 Å². The number of rotatable bonds is 5. The van der Waals surface area contributed by atoms with Crippen LogP contribution < -0.4 is 5.32 Å². The number of furan rings is 1. The Kier molecular flexibility index (Phi) is 3.97. The van der Waals surface area contributed by atoms with E-state index in [1.165, 1.54) is 12.3 Å². The maximum Gasteiger partial charge on any atom is 0.312 e. The van der Waals surface area contributed by atoms with Crippen LogP contribution in [0.4, 0.5) is 0 Å². The van der Waals surface area contributed by atoms with Crippen molar-refractivity contribution in [1.29, 1.82) is 0 Å². The maximum absolute atomic E-state index is 11.7. The van der Waals surface area contributed by atoms with E-state index in [-0.39, 0.29) is 12.3 Å². The molecule has 5 heteroatoms. The number of carboxylic acid groups (broad SMARTS) is 1. The highest BCUT2D eigenvalue weighted by molar-refractivity contribution is 5.91. The first-order valence-electron chi connectivity index (χ1n) is 5.78. The Hall–Kier alpha value is -2.56. The SMILES string of the molecule is O=C(NCC(C(=O)O)c1ccccc1)c1ccco1. The van der Waals surface area contributed by atoms with Crippen molar-refractivity contribution < 1.29 is 19.1 Å². The summed E-state index contributed by atoms with van der Waals surface area (Å²) in [4.78, 5) is 22.9. The average Bonchev–Trinajstić information content (AvgIpc) is 2.93. The van der Waals surface area contributed by atoms with Gasteiger partial charge in [0.15, 0.2) is 5.76 Å². The lowest BCUT2D eigenvalue weighted by Gasteiger charge is -2.13. The average molecular weight is 259 g/mol. The summed E-state index contributed by atoms with van der Waals surface area (Å²) >= 11 is 0. The third kappa shape index (κ3) is 3.22. The van der Waals surface area contributed by atoms with Gasteiger partial charge in [0.25, 0.3) is 5.91 Å². The summed E-state index contributed by atoms with van der Waals surface area (Å²) in [5, 5.41) is 11.7. The molecular formula is C14H13NO4. The Morgan fingerprint density at radius 1 is 1.16 bits per heavy atom. The first-order chi connectivity index (χ1) is 9.18. The number of amides is 1. The second kappa shape index (κ2) is 5.86. The lowest BCUT2D eigenvalue weighted by atomic mass is 9.99. The molecule has 1 aromatic heterocycles. The molecule has 0 aliphatic carbocycles. The highest BCUT2D eigenvalue weighted by Gasteiger charge is 2.21. The first-order valence-corrected chi connectivity index (χ1v) is 5.78. The summed E-state index contributed by atoms with van der Waals surface area (Å²) in [5.74, 6) is -2.02. The second-order valence-corrected chi connectivity index (χ2v) is 3.99. The Morgan fingerprint density at radius 2 is 1.89 bits per heavy atom. The molecule has 0 saturated heterocycles. The van der Waals surface area contributed by atoms with Gasteiger partial charge in [-0.1, -0.05) is 30.3 Å². The van der Waals surface area contributed by atoms with Crippen LogP contribution in [0.15, 0.2) is 53.1 Å². The number of carboxylic acids is 1. The van der Waals surface area contributed by atoms with Crippen LogP contribution in [-0.4, -0.2) is 23.5 Å². The Morgan fingerprint density at radius 3 is 2.47 bits per heavy atom. The van der Waals surface area contributed by atoms with Gasteiger partial charge in [-0.3, -0.25) is 9.59 Å². The Balaban J connectivity index is 2.03. The predicted molar refractivity (Wildman–Crippen MR) is 67.9 cm³/mol. The van der Waals surface area contributed by atoms with Crippen LogP contribution in [-0.2, 0) is 4.79 Å². The van der Waals surface area contributed by atoms with E-state index in [1.807, 2.05) is 6.07 Å². The minimum Gasteiger partial charge on any atom is -0.481 e. The summed E-state index contributed by atoms with van der Waals surface area (Å²) < 4.78 is 4.93. The lowest BCUT2D eigenvalue weighted by Crippen LogP contribution is -2.31. The zero-order valence-corrected chi connectivity index (χ0v) is 10.1. The van der Waals surface area contributed by atoms with Crippen LogP contribution in [0.2, 0.25) is 0 Å². The molecule has 2 aromatic rings. The summed E-state index contributed by atoms with van der Waals surface area (Å²) in [6.45, 7) is 0.0128. The van der Waals surface area contributed by atoms with Crippen molar-refractivity contribution in [3.8, 4) is 0 Å². The molecule has 19 heavy (non-hydrogen) atoms. The normalized spacial score (nSPS) is 11.8. The number of aliphatic carboxylic acids is 1. The molecule has 2 rings (SSSR count). The van der Waals surface area contributed by atoms with Crippen molar-refractivity contribution in [2.24, 2.45) is 0 Å². The monoisotopic (exact) mass is 259 g/mol. The van der Waals surface area contributed by atoms with E-state index < -0.39 is 17.8 Å². The summed E-state index contributed by atoms with van der Waals surface area (Å²) in [7, 11) is 0. The molecule has 5 nitrogen and oxygen atoms in total. The molecule has 1 heterocycles. The molecule has 0 aliphatic heterocycles. The number of hydrogen-bond donors (Lipinski definition) is 2. The molecule has 0 fully saturated rings. The zero-order chi connectivity index (χ0) is 13.7. The number of carbonyl (C=O) groups excluding carboxylic acids is 1. The summed E-state index contributed by atoms with van der Waals surface area (Å²) in [6, 6.07) is 11.9. The molecule has 0 bridgehead atoms. The van der Waals surface area contributed by atoms with E-state index in [9.17, 15) is 14.7 Å². The highest BCUT2D eigenvalue weighted by Crippen LogP contribution is 2.15.